The molecule has 0 amide bonds. The molecule has 0 N–H and O–H groups in total. The molecule has 0 aliphatic carbocycles. The van der Waals surface area contributed by atoms with E-state index >= 15 is 0 Å². The average molecular weight is 210 g/mol. The summed E-state index contributed by atoms with van der Waals surface area (Å²) in [6.45, 7) is 0. The maximum Gasteiger partial charge on any atom is 0.0460 e. The van der Waals surface area contributed by atoms with Crippen LogP contribution in [0.15, 0.2) is 28.0 Å². The van der Waals surface area contributed by atoms with Crippen molar-refractivity contribution in [1.29, 1.82) is 0 Å². The van der Waals surface area contributed by atoms with Crippen LogP contribution in [0.5, 0.6) is 0 Å². The largest absolute Gasteiger partial charge is 0.0604 e. The highest BCUT2D eigenvalue weighted by Gasteiger charge is 1.99. The molecular formula is C6H3Cl2S2. The molecule has 0 fully saturated rings. The van der Waals surface area contributed by atoms with E-state index in [2.05, 4.69) is 6.07 Å². The third-order valence-corrected chi connectivity index (χ3v) is 3.03. The average Bonchev–Trinajstić information content (AvgIpc) is 2.04. The molecule has 0 heterocycles. The van der Waals surface area contributed by atoms with E-state index in [1.807, 2.05) is 12.1 Å². The summed E-state index contributed by atoms with van der Waals surface area (Å²) < 4.78 is 0. The zero-order valence-electron chi connectivity index (χ0n) is 4.80. The Labute approximate surface area is 77.3 Å². The Morgan fingerprint density at radius 1 is 1.30 bits per heavy atom. The summed E-state index contributed by atoms with van der Waals surface area (Å²) in [4.78, 5) is 1.83. The molecule has 0 atom stereocenters. The minimum atomic E-state index is 0.879. The van der Waals surface area contributed by atoms with Crippen molar-refractivity contribution < 1.29 is 0 Å². The van der Waals surface area contributed by atoms with Gasteiger partial charge in [-0.25, -0.2) is 0 Å². The monoisotopic (exact) mass is 209 g/mol. The fraction of sp³-hybridized carbons (Fsp3) is 0. The molecule has 4 heteroatoms. The van der Waals surface area contributed by atoms with Crippen molar-refractivity contribution in [3.8, 4) is 0 Å². The lowest BCUT2D eigenvalue weighted by Crippen LogP contribution is -1.70. The van der Waals surface area contributed by atoms with Gasteiger partial charge in [0.15, 0.2) is 0 Å². The van der Waals surface area contributed by atoms with Crippen molar-refractivity contribution in [2.45, 2.75) is 9.79 Å². The lowest BCUT2D eigenvalue weighted by Gasteiger charge is -1.97. The molecule has 0 aliphatic heterocycles. The Morgan fingerprint density at radius 3 is 2.60 bits per heavy atom. The molecule has 0 spiro atoms. The first kappa shape index (κ1) is 8.60. The summed E-state index contributed by atoms with van der Waals surface area (Å²) in [7, 11) is 13.3. The van der Waals surface area contributed by atoms with Gasteiger partial charge in [0.05, 0.1) is 0 Å². The van der Waals surface area contributed by atoms with Gasteiger partial charge in [-0.1, -0.05) is 12.1 Å². The molecule has 0 saturated heterocycles. The van der Waals surface area contributed by atoms with E-state index in [9.17, 15) is 0 Å². The standard InChI is InChI=1S/C6H3Cl2S2/c7-9-5-3-1-2-4-6(5)10-8/h1-3H. The molecule has 0 aliphatic rings. The molecule has 1 aromatic carbocycles. The minimum absolute atomic E-state index is 0.879. The van der Waals surface area contributed by atoms with Crippen LogP contribution in [-0.2, 0) is 0 Å². The van der Waals surface area contributed by atoms with Gasteiger partial charge in [-0.15, -0.1) is 0 Å². The summed E-state index contributed by atoms with van der Waals surface area (Å²) in [6.07, 6.45) is 0. The molecule has 0 saturated carbocycles. The second-order valence-corrected chi connectivity index (χ2v) is 3.60. The van der Waals surface area contributed by atoms with E-state index in [1.54, 1.807) is 6.07 Å². The van der Waals surface area contributed by atoms with Crippen LogP contribution in [-0.4, -0.2) is 0 Å². The second kappa shape index (κ2) is 4.39. The first-order valence-corrected chi connectivity index (χ1v) is 5.75. The molecule has 1 radical (unpaired) electrons. The Morgan fingerprint density at radius 2 is 2.10 bits per heavy atom. The van der Waals surface area contributed by atoms with Gasteiger partial charge >= 0.3 is 0 Å². The van der Waals surface area contributed by atoms with Gasteiger partial charge in [-0.2, -0.15) is 0 Å². The predicted octanol–water partition coefficient (Wildman–Crippen LogP) is 3.98. The molecule has 0 unspecified atom stereocenters. The first-order chi connectivity index (χ1) is 4.88. The summed E-state index contributed by atoms with van der Waals surface area (Å²) in [5.41, 5.74) is 0. The third-order valence-electron chi connectivity index (χ3n) is 0.942. The number of hydrogen-bond acceptors (Lipinski definition) is 2. The molecule has 1 aromatic rings. The molecule has 53 valence electrons. The zero-order valence-corrected chi connectivity index (χ0v) is 7.95. The Balaban J connectivity index is 2.96. The summed E-state index contributed by atoms with van der Waals surface area (Å²) >= 11 is 0. The van der Waals surface area contributed by atoms with Gasteiger partial charge in [0.25, 0.3) is 0 Å². The molecule has 10 heavy (non-hydrogen) atoms. The lowest BCUT2D eigenvalue weighted by atomic mass is 10.4. The van der Waals surface area contributed by atoms with Gasteiger partial charge in [0, 0.05) is 9.79 Å². The maximum atomic E-state index is 5.54. The molecule has 0 aromatic heterocycles. The summed E-state index contributed by atoms with van der Waals surface area (Å²) in [6, 6.07) is 8.55. The Hall–Kier alpha value is 0.500. The summed E-state index contributed by atoms with van der Waals surface area (Å²) in [5.74, 6) is 0. The topological polar surface area (TPSA) is 0 Å². The van der Waals surface area contributed by atoms with Crippen LogP contribution >= 0.6 is 43.3 Å². The second-order valence-electron chi connectivity index (χ2n) is 1.52. The third kappa shape index (κ3) is 1.99. The van der Waals surface area contributed by atoms with Gasteiger partial charge in [0.2, 0.25) is 0 Å². The normalized spacial score (nSPS) is 9.80. The zero-order chi connectivity index (χ0) is 7.40. The number of hydrogen-bond donors (Lipinski definition) is 0. The smallest absolute Gasteiger partial charge is 0.0460 e. The number of rotatable bonds is 2. The van der Waals surface area contributed by atoms with Gasteiger partial charge in [-0.3, -0.25) is 0 Å². The van der Waals surface area contributed by atoms with Crippen LogP contribution in [0.3, 0.4) is 0 Å². The number of benzene rings is 1. The minimum Gasteiger partial charge on any atom is -0.0604 e. The van der Waals surface area contributed by atoms with Crippen LogP contribution in [0.2, 0.25) is 0 Å². The van der Waals surface area contributed by atoms with Crippen molar-refractivity contribution in [1.82, 2.24) is 0 Å². The van der Waals surface area contributed by atoms with E-state index < -0.39 is 0 Å². The molecule has 0 nitrogen and oxygen atoms in total. The maximum absolute atomic E-state index is 5.54. The van der Waals surface area contributed by atoms with Crippen LogP contribution in [0.25, 0.3) is 0 Å². The van der Waals surface area contributed by atoms with Crippen LogP contribution in [0, 0.1) is 6.07 Å². The lowest BCUT2D eigenvalue weighted by molar-refractivity contribution is 1.26. The van der Waals surface area contributed by atoms with E-state index in [4.69, 9.17) is 21.4 Å². The van der Waals surface area contributed by atoms with Crippen molar-refractivity contribution >= 4 is 43.3 Å². The molecule has 1 rings (SSSR count). The fourth-order valence-electron chi connectivity index (χ4n) is 0.527. The van der Waals surface area contributed by atoms with Crippen LogP contribution in [0.4, 0.5) is 0 Å². The first-order valence-electron chi connectivity index (χ1n) is 2.46. The van der Waals surface area contributed by atoms with E-state index in [0.29, 0.717) is 0 Å². The van der Waals surface area contributed by atoms with Gasteiger partial charge in [0.1, 0.15) is 0 Å². The highest BCUT2D eigenvalue weighted by molar-refractivity contribution is 8.23. The van der Waals surface area contributed by atoms with E-state index in [1.165, 1.54) is 0 Å². The SMILES string of the molecule is ClSc1[c]cccc1SCl. The Bertz CT molecular complexity index is 192. The van der Waals surface area contributed by atoms with E-state index in [0.717, 1.165) is 31.7 Å². The molecular weight excluding hydrogens is 207 g/mol. The van der Waals surface area contributed by atoms with Crippen LogP contribution in [0.1, 0.15) is 0 Å². The van der Waals surface area contributed by atoms with Crippen molar-refractivity contribution in [3.63, 3.8) is 0 Å². The van der Waals surface area contributed by atoms with E-state index in [-0.39, 0.29) is 0 Å². The Kier molecular flexibility index (Phi) is 3.78. The van der Waals surface area contributed by atoms with Crippen molar-refractivity contribution in [2.75, 3.05) is 0 Å². The van der Waals surface area contributed by atoms with Crippen molar-refractivity contribution in [2.24, 2.45) is 0 Å². The van der Waals surface area contributed by atoms with Gasteiger partial charge < -0.3 is 0 Å². The van der Waals surface area contributed by atoms with Gasteiger partial charge in [-0.05, 0) is 55.4 Å². The highest BCUT2D eigenvalue weighted by Crippen LogP contribution is 2.33. The predicted molar refractivity (Wildman–Crippen MR) is 48.7 cm³/mol. The fourth-order valence-corrected chi connectivity index (χ4v) is 2.34. The number of halogens is 2. The highest BCUT2D eigenvalue weighted by atomic mass is 35.7. The molecule has 0 bridgehead atoms. The summed E-state index contributed by atoms with van der Waals surface area (Å²) in [5, 5.41) is 0. The quantitative estimate of drug-likeness (QED) is 0.724. The van der Waals surface area contributed by atoms with Crippen LogP contribution < -0.4 is 0 Å². The van der Waals surface area contributed by atoms with Crippen molar-refractivity contribution in [3.05, 3.63) is 24.3 Å².